The number of nitrogens with zero attached hydrogens (tertiary/aromatic N) is 3. The summed E-state index contributed by atoms with van der Waals surface area (Å²) in [5, 5.41) is 2.92. The number of rotatable bonds is 9. The van der Waals surface area contributed by atoms with Crippen LogP contribution in [0.3, 0.4) is 0 Å². The van der Waals surface area contributed by atoms with Crippen LogP contribution in [0.4, 0.5) is 21.5 Å². The van der Waals surface area contributed by atoms with E-state index in [4.69, 9.17) is 17.0 Å². The first-order valence-corrected chi connectivity index (χ1v) is 14.0. The largest absolute Gasteiger partial charge is 0.462 e. The van der Waals surface area contributed by atoms with Crippen molar-refractivity contribution >= 4 is 58.1 Å². The van der Waals surface area contributed by atoms with Gasteiger partial charge in [0.2, 0.25) is 11.8 Å². The van der Waals surface area contributed by atoms with Crippen LogP contribution in [-0.4, -0.2) is 52.9 Å². The highest BCUT2D eigenvalue weighted by atomic mass is 32.1. The van der Waals surface area contributed by atoms with Crippen molar-refractivity contribution in [1.29, 1.82) is 0 Å². The predicted octanol–water partition coefficient (Wildman–Crippen LogP) is 4.66. The van der Waals surface area contributed by atoms with Gasteiger partial charge in [0.25, 0.3) is 5.91 Å². The molecule has 0 radical (unpaired) electrons. The van der Waals surface area contributed by atoms with Crippen LogP contribution >= 0.6 is 12.2 Å². The summed E-state index contributed by atoms with van der Waals surface area (Å²) < 4.78 is 18.4. The van der Waals surface area contributed by atoms with E-state index in [0.29, 0.717) is 29.9 Å². The van der Waals surface area contributed by atoms with Crippen molar-refractivity contribution in [1.82, 2.24) is 4.90 Å². The summed E-state index contributed by atoms with van der Waals surface area (Å²) in [5.74, 6) is -1.64. The lowest BCUT2D eigenvalue weighted by atomic mass is 10.1. The Labute approximate surface area is 247 Å². The maximum atomic E-state index is 13.8. The lowest BCUT2D eigenvalue weighted by Crippen LogP contribution is -2.37. The summed E-state index contributed by atoms with van der Waals surface area (Å²) >= 11 is 5.76. The molecule has 3 aromatic rings. The zero-order valence-electron chi connectivity index (χ0n) is 22.9. The molecule has 1 N–H and O–H groups in total. The molecule has 0 aliphatic carbocycles. The smallest absolute Gasteiger partial charge is 0.338 e. The molecule has 0 bridgehead atoms. The Hall–Kier alpha value is -4.64. The summed E-state index contributed by atoms with van der Waals surface area (Å²) in [6.07, 6.45) is 1.15. The fourth-order valence-electron chi connectivity index (χ4n) is 5.03. The van der Waals surface area contributed by atoms with Gasteiger partial charge < -0.3 is 19.9 Å². The molecule has 3 aromatic carbocycles. The number of hydrogen-bond donors (Lipinski definition) is 1. The van der Waals surface area contributed by atoms with E-state index in [0.717, 1.165) is 17.7 Å². The molecule has 2 saturated heterocycles. The molecule has 11 heteroatoms. The maximum Gasteiger partial charge on any atom is 0.338 e. The zero-order valence-corrected chi connectivity index (χ0v) is 23.7. The summed E-state index contributed by atoms with van der Waals surface area (Å²) in [5.41, 5.74) is 2.83. The van der Waals surface area contributed by atoms with E-state index in [9.17, 15) is 23.6 Å². The normalized spacial score (nSPS) is 16.8. The number of esters is 1. The topological polar surface area (TPSA) is 99.3 Å². The molecule has 2 aliphatic rings. The van der Waals surface area contributed by atoms with E-state index in [1.807, 2.05) is 24.3 Å². The molecular weight excluding hydrogens is 559 g/mol. The number of anilines is 3. The first-order valence-electron chi connectivity index (χ1n) is 13.6. The van der Waals surface area contributed by atoms with Crippen molar-refractivity contribution in [2.75, 3.05) is 28.3 Å². The monoisotopic (exact) mass is 588 g/mol. The lowest BCUT2D eigenvalue weighted by Gasteiger charge is -2.24. The van der Waals surface area contributed by atoms with Crippen LogP contribution in [-0.2, 0) is 25.7 Å². The molecule has 1 atom stereocenters. The third kappa shape index (κ3) is 6.15. The Kier molecular flexibility index (Phi) is 8.58. The van der Waals surface area contributed by atoms with Crippen LogP contribution < -0.4 is 15.1 Å². The second kappa shape index (κ2) is 12.5. The van der Waals surface area contributed by atoms with Gasteiger partial charge in [0.05, 0.1) is 24.3 Å². The van der Waals surface area contributed by atoms with E-state index >= 15 is 0 Å². The van der Waals surface area contributed by atoms with E-state index in [1.165, 1.54) is 29.2 Å². The van der Waals surface area contributed by atoms with Crippen LogP contribution in [0.1, 0.15) is 42.1 Å². The van der Waals surface area contributed by atoms with Crippen molar-refractivity contribution in [3.05, 3.63) is 89.7 Å². The van der Waals surface area contributed by atoms with Crippen molar-refractivity contribution < 1.29 is 28.3 Å². The van der Waals surface area contributed by atoms with Gasteiger partial charge in [-0.15, -0.1) is 0 Å². The SMILES string of the molecule is CCOC(=O)c1ccc(N2C(=O)C(CC(=O)Nc3ccc(F)cc3)N(Cc3ccc(N4CCCC4=O)cc3)C2=S)cc1. The third-order valence-corrected chi connectivity index (χ3v) is 7.55. The van der Waals surface area contributed by atoms with Gasteiger partial charge in [-0.25, -0.2) is 9.18 Å². The number of carbonyl (C=O) groups excluding carboxylic acids is 4. The van der Waals surface area contributed by atoms with Gasteiger partial charge in [0, 0.05) is 30.9 Å². The fourth-order valence-corrected chi connectivity index (χ4v) is 5.42. The van der Waals surface area contributed by atoms with E-state index in [1.54, 1.807) is 41.0 Å². The zero-order chi connectivity index (χ0) is 29.8. The van der Waals surface area contributed by atoms with Gasteiger partial charge >= 0.3 is 5.97 Å². The number of nitrogens with one attached hydrogen (secondary N) is 1. The molecule has 3 amide bonds. The molecule has 5 rings (SSSR count). The Balaban J connectivity index is 1.38. The minimum Gasteiger partial charge on any atom is -0.462 e. The standard InChI is InChI=1S/C31H29FN4O5S/c1-2-41-30(40)21-7-15-25(16-8-21)36-29(39)26(18-27(37)33-23-11-9-22(32)10-12-23)35(31(36)42)19-20-5-13-24(14-6-20)34-17-3-4-28(34)38/h5-16,26H,2-4,17-19H2,1H3,(H,33,37). The summed E-state index contributed by atoms with van der Waals surface area (Å²) in [7, 11) is 0. The summed E-state index contributed by atoms with van der Waals surface area (Å²) in [4.78, 5) is 55.8. The first kappa shape index (κ1) is 28.9. The average Bonchev–Trinajstić information content (AvgIpc) is 3.51. The first-order chi connectivity index (χ1) is 20.2. The van der Waals surface area contributed by atoms with Crippen LogP contribution in [0.15, 0.2) is 72.8 Å². The molecule has 2 aliphatic heterocycles. The van der Waals surface area contributed by atoms with Crippen LogP contribution in [0, 0.1) is 5.82 Å². The molecule has 216 valence electrons. The van der Waals surface area contributed by atoms with Crippen molar-refractivity contribution in [3.63, 3.8) is 0 Å². The number of hydrogen-bond acceptors (Lipinski definition) is 6. The maximum absolute atomic E-state index is 13.8. The average molecular weight is 589 g/mol. The molecule has 42 heavy (non-hydrogen) atoms. The van der Waals surface area contributed by atoms with Crippen molar-refractivity contribution in [3.8, 4) is 0 Å². The van der Waals surface area contributed by atoms with Gasteiger partial charge in [0.1, 0.15) is 11.9 Å². The molecule has 9 nitrogen and oxygen atoms in total. The summed E-state index contributed by atoms with van der Waals surface area (Å²) in [6.45, 7) is 2.87. The second-order valence-corrected chi connectivity index (χ2v) is 10.3. The van der Waals surface area contributed by atoms with Crippen LogP contribution in [0.5, 0.6) is 0 Å². The number of amides is 3. The van der Waals surface area contributed by atoms with Gasteiger partial charge in [-0.2, -0.15) is 0 Å². The highest BCUT2D eigenvalue weighted by molar-refractivity contribution is 7.80. The second-order valence-electron chi connectivity index (χ2n) is 9.94. The molecule has 0 spiro atoms. The number of benzene rings is 3. The lowest BCUT2D eigenvalue weighted by molar-refractivity contribution is -0.124. The Morgan fingerprint density at radius 2 is 1.64 bits per heavy atom. The number of ether oxygens (including phenoxy) is 1. The van der Waals surface area contributed by atoms with E-state index in [-0.39, 0.29) is 30.6 Å². The highest BCUT2D eigenvalue weighted by Gasteiger charge is 2.44. The Morgan fingerprint density at radius 1 is 0.976 bits per heavy atom. The molecule has 0 aromatic heterocycles. The predicted molar refractivity (Wildman–Crippen MR) is 159 cm³/mol. The number of carbonyl (C=O) groups is 4. The van der Waals surface area contributed by atoms with Gasteiger partial charge in [-0.1, -0.05) is 12.1 Å². The minimum atomic E-state index is -0.914. The fraction of sp³-hybridized carbons (Fsp3) is 0.258. The third-order valence-electron chi connectivity index (χ3n) is 7.14. The Morgan fingerprint density at radius 3 is 2.26 bits per heavy atom. The van der Waals surface area contributed by atoms with Crippen LogP contribution in [0.25, 0.3) is 0 Å². The number of halogens is 1. The van der Waals surface area contributed by atoms with E-state index in [2.05, 4.69) is 5.32 Å². The molecular formula is C31H29FN4O5S. The molecule has 1 unspecified atom stereocenters. The number of thiocarbonyl (C=S) groups is 1. The highest BCUT2D eigenvalue weighted by Crippen LogP contribution is 2.30. The molecule has 0 saturated carbocycles. The molecule has 2 fully saturated rings. The Bertz CT molecular complexity index is 1510. The summed E-state index contributed by atoms with van der Waals surface area (Å²) in [6, 6.07) is 18.2. The van der Waals surface area contributed by atoms with Crippen molar-refractivity contribution in [2.45, 2.75) is 38.8 Å². The minimum absolute atomic E-state index is 0.0888. The quantitative estimate of drug-likeness (QED) is 0.287. The van der Waals surface area contributed by atoms with Gasteiger partial charge in [0.15, 0.2) is 5.11 Å². The van der Waals surface area contributed by atoms with Gasteiger partial charge in [-0.3, -0.25) is 19.3 Å². The van der Waals surface area contributed by atoms with E-state index < -0.39 is 29.6 Å². The van der Waals surface area contributed by atoms with Gasteiger partial charge in [-0.05, 0) is 91.8 Å². The van der Waals surface area contributed by atoms with Crippen LogP contribution in [0.2, 0.25) is 0 Å². The molecule has 2 heterocycles. The van der Waals surface area contributed by atoms with Crippen molar-refractivity contribution in [2.24, 2.45) is 0 Å².